The maximum absolute atomic E-state index is 14.2. The molecule has 2 aromatic heterocycles. The van der Waals surface area contributed by atoms with Gasteiger partial charge in [0.1, 0.15) is 17.5 Å². The highest BCUT2D eigenvalue weighted by molar-refractivity contribution is 5.94. The first-order valence-corrected chi connectivity index (χ1v) is 10.3. The fraction of sp³-hybridized carbons (Fsp3) is 0.304. The van der Waals surface area contributed by atoms with Gasteiger partial charge in [-0.2, -0.15) is 0 Å². The zero-order valence-electron chi connectivity index (χ0n) is 17.5. The number of amides is 1. The first-order chi connectivity index (χ1) is 15.0. The maximum atomic E-state index is 14.2. The molecule has 6 nitrogen and oxygen atoms in total. The van der Waals surface area contributed by atoms with E-state index in [0.29, 0.717) is 29.3 Å². The largest absolute Gasteiger partial charge is 0.368 e. The van der Waals surface area contributed by atoms with Gasteiger partial charge in [-0.25, -0.2) is 8.78 Å². The average molecular weight is 425 g/mol. The number of primary amides is 1. The zero-order valence-corrected chi connectivity index (χ0v) is 17.5. The number of hydrogen-bond donors (Lipinski definition) is 2. The predicted octanol–water partition coefficient (Wildman–Crippen LogP) is 4.48. The Balaban J connectivity index is 0.00000132. The van der Waals surface area contributed by atoms with Crippen molar-refractivity contribution >= 4 is 11.7 Å². The van der Waals surface area contributed by atoms with Gasteiger partial charge < -0.3 is 11.1 Å². The van der Waals surface area contributed by atoms with Gasteiger partial charge in [-0.3, -0.25) is 9.78 Å². The normalized spacial score (nSPS) is 14.1. The molecule has 3 aromatic rings. The molecule has 0 saturated heterocycles. The van der Waals surface area contributed by atoms with E-state index in [4.69, 9.17) is 5.73 Å². The molecule has 3 N–H and O–H groups in total. The molecule has 1 aromatic carbocycles. The lowest BCUT2D eigenvalue weighted by atomic mass is 9.66. The number of aromatic nitrogens is 3. The van der Waals surface area contributed by atoms with Crippen LogP contribution in [0.1, 0.15) is 49.2 Å². The van der Waals surface area contributed by atoms with E-state index in [2.05, 4.69) is 20.5 Å². The number of nitrogens with one attached hydrogen (secondary N) is 1. The van der Waals surface area contributed by atoms with Gasteiger partial charge in [-0.1, -0.05) is 20.3 Å². The molecule has 31 heavy (non-hydrogen) atoms. The Hall–Kier alpha value is -3.42. The van der Waals surface area contributed by atoms with Crippen molar-refractivity contribution in [1.29, 1.82) is 0 Å². The van der Waals surface area contributed by atoms with E-state index in [0.717, 1.165) is 19.3 Å². The second-order valence-corrected chi connectivity index (χ2v) is 7.18. The Kier molecular flexibility index (Phi) is 6.89. The highest BCUT2D eigenvalue weighted by Crippen LogP contribution is 2.43. The van der Waals surface area contributed by atoms with Crippen molar-refractivity contribution in [3.05, 3.63) is 71.6 Å². The van der Waals surface area contributed by atoms with Crippen molar-refractivity contribution in [3.8, 4) is 11.3 Å². The van der Waals surface area contributed by atoms with Gasteiger partial charge in [0.15, 0.2) is 0 Å². The van der Waals surface area contributed by atoms with Gasteiger partial charge >= 0.3 is 0 Å². The van der Waals surface area contributed by atoms with Gasteiger partial charge in [-0.15, -0.1) is 10.2 Å². The summed E-state index contributed by atoms with van der Waals surface area (Å²) in [5, 5.41) is 11.5. The van der Waals surface area contributed by atoms with Crippen LogP contribution in [0.25, 0.3) is 11.3 Å². The third kappa shape index (κ3) is 4.68. The van der Waals surface area contributed by atoms with Crippen molar-refractivity contribution in [2.24, 2.45) is 5.73 Å². The van der Waals surface area contributed by atoms with E-state index in [-0.39, 0.29) is 16.8 Å². The Morgan fingerprint density at radius 1 is 1.10 bits per heavy atom. The van der Waals surface area contributed by atoms with Gasteiger partial charge in [0.05, 0.1) is 17.0 Å². The van der Waals surface area contributed by atoms with Gasteiger partial charge in [0.25, 0.3) is 5.91 Å². The number of pyridine rings is 1. The van der Waals surface area contributed by atoms with Crippen molar-refractivity contribution in [1.82, 2.24) is 15.2 Å². The molecule has 162 valence electrons. The number of carbonyl (C=O) groups excluding carboxylic acids is 1. The summed E-state index contributed by atoms with van der Waals surface area (Å²) in [6, 6.07) is 10.5. The highest BCUT2D eigenvalue weighted by atomic mass is 19.1. The fourth-order valence-corrected chi connectivity index (χ4v) is 3.59. The molecule has 0 unspecified atom stereocenters. The van der Waals surface area contributed by atoms with E-state index >= 15 is 0 Å². The third-order valence-electron chi connectivity index (χ3n) is 5.37. The Morgan fingerprint density at radius 2 is 1.87 bits per heavy atom. The summed E-state index contributed by atoms with van der Waals surface area (Å²) in [6.07, 6.45) is 4.33. The van der Waals surface area contributed by atoms with Crippen LogP contribution in [0.5, 0.6) is 0 Å². The molecule has 1 amide bonds. The van der Waals surface area contributed by atoms with Crippen molar-refractivity contribution in [2.45, 2.75) is 38.5 Å². The lowest BCUT2D eigenvalue weighted by molar-refractivity contribution is 0.0996. The molecule has 2 heterocycles. The molecule has 8 heteroatoms. The molecule has 0 bridgehead atoms. The molecule has 4 rings (SSSR count). The smallest absolute Gasteiger partial charge is 0.251 e. The summed E-state index contributed by atoms with van der Waals surface area (Å²) in [5.74, 6) is -1.28. The van der Waals surface area contributed by atoms with Crippen LogP contribution in [0.2, 0.25) is 0 Å². The number of halogens is 2. The van der Waals surface area contributed by atoms with Gasteiger partial charge in [-0.05, 0) is 55.3 Å². The summed E-state index contributed by atoms with van der Waals surface area (Å²) in [5.41, 5.74) is 6.13. The number of nitrogens with two attached hydrogens (primary N) is 1. The van der Waals surface area contributed by atoms with E-state index in [1.807, 2.05) is 13.8 Å². The number of hydrogen-bond acceptors (Lipinski definition) is 5. The molecule has 0 radical (unpaired) electrons. The minimum atomic E-state index is -0.844. The lowest BCUT2D eigenvalue weighted by Crippen LogP contribution is -2.42. The topological polar surface area (TPSA) is 93.8 Å². The number of anilines is 1. The summed E-state index contributed by atoms with van der Waals surface area (Å²) in [6.45, 7) is 4.50. The first-order valence-electron chi connectivity index (χ1n) is 10.3. The predicted molar refractivity (Wildman–Crippen MR) is 116 cm³/mol. The van der Waals surface area contributed by atoms with Crippen LogP contribution in [0.15, 0.2) is 48.7 Å². The quantitative estimate of drug-likeness (QED) is 0.608. The number of rotatable bonds is 6. The van der Waals surface area contributed by atoms with Crippen LogP contribution in [0, 0.1) is 11.6 Å². The fourth-order valence-electron chi connectivity index (χ4n) is 3.59. The van der Waals surface area contributed by atoms with Crippen LogP contribution in [-0.4, -0.2) is 27.6 Å². The molecular formula is C23H25F2N5O. The molecular weight excluding hydrogens is 400 g/mol. The Bertz CT molecular complexity index is 1050. The van der Waals surface area contributed by atoms with Crippen LogP contribution in [0.3, 0.4) is 0 Å². The van der Waals surface area contributed by atoms with Crippen molar-refractivity contribution in [3.63, 3.8) is 0 Å². The highest BCUT2D eigenvalue weighted by Gasteiger charge is 2.41. The van der Waals surface area contributed by atoms with Crippen LogP contribution in [-0.2, 0) is 5.41 Å². The van der Waals surface area contributed by atoms with E-state index in [1.54, 1.807) is 24.4 Å². The van der Waals surface area contributed by atoms with E-state index in [1.165, 1.54) is 24.3 Å². The standard InChI is InChI=1S/C21H19F2N5O.C2H6/c22-15-5-4-13(11-14(15)20(24)29)17-6-7-18(28-27-17)26-12-21(8-2-9-21)19-16(23)3-1-10-25-19;1-2/h1,3-7,10-11H,2,8-9,12H2,(H2,24,29)(H,26,28);1-2H3. The van der Waals surface area contributed by atoms with Gasteiger partial charge in [0.2, 0.25) is 0 Å². The maximum Gasteiger partial charge on any atom is 0.251 e. The Labute approximate surface area is 179 Å². The van der Waals surface area contributed by atoms with Crippen molar-refractivity contribution in [2.75, 3.05) is 11.9 Å². The summed E-state index contributed by atoms with van der Waals surface area (Å²) in [4.78, 5) is 15.6. The van der Waals surface area contributed by atoms with Crippen LogP contribution >= 0.6 is 0 Å². The van der Waals surface area contributed by atoms with Crippen LogP contribution in [0.4, 0.5) is 14.6 Å². The summed E-state index contributed by atoms with van der Waals surface area (Å²) in [7, 11) is 0. The molecule has 0 atom stereocenters. The third-order valence-corrected chi connectivity index (χ3v) is 5.37. The number of carbonyl (C=O) groups is 1. The minimum absolute atomic E-state index is 0.198. The number of nitrogens with zero attached hydrogens (tertiary/aromatic N) is 3. The SMILES string of the molecule is CC.NC(=O)c1cc(-c2ccc(NCC3(c4ncccc4F)CCC3)nn2)ccc1F. The summed E-state index contributed by atoms with van der Waals surface area (Å²) < 4.78 is 27.9. The molecule has 1 saturated carbocycles. The monoisotopic (exact) mass is 425 g/mol. The molecule has 0 aliphatic heterocycles. The van der Waals surface area contributed by atoms with E-state index in [9.17, 15) is 13.6 Å². The molecule has 1 fully saturated rings. The Morgan fingerprint density at radius 3 is 2.45 bits per heavy atom. The minimum Gasteiger partial charge on any atom is -0.368 e. The second kappa shape index (κ2) is 9.59. The number of benzene rings is 1. The van der Waals surface area contributed by atoms with E-state index < -0.39 is 11.7 Å². The molecule has 1 aliphatic carbocycles. The van der Waals surface area contributed by atoms with Crippen molar-refractivity contribution < 1.29 is 13.6 Å². The first kappa shape index (κ1) is 22.3. The second-order valence-electron chi connectivity index (χ2n) is 7.18. The molecule has 1 aliphatic rings. The average Bonchev–Trinajstić information content (AvgIpc) is 2.76. The van der Waals surface area contributed by atoms with Crippen LogP contribution < -0.4 is 11.1 Å². The molecule has 0 spiro atoms. The van der Waals surface area contributed by atoms with Gasteiger partial charge in [0, 0.05) is 23.7 Å². The summed E-state index contributed by atoms with van der Waals surface area (Å²) >= 11 is 0. The lowest BCUT2D eigenvalue weighted by Gasteiger charge is -2.41. The zero-order chi connectivity index (χ0) is 22.4.